The van der Waals surface area contributed by atoms with Gasteiger partial charge in [-0.25, -0.2) is 0 Å². The number of carbonyl (C=O) groups is 1. The van der Waals surface area contributed by atoms with E-state index >= 15 is 0 Å². The lowest BCUT2D eigenvalue weighted by Crippen LogP contribution is -1.90. The van der Waals surface area contributed by atoms with Crippen molar-refractivity contribution in [1.29, 1.82) is 0 Å². The molecule has 15 heavy (non-hydrogen) atoms. The van der Waals surface area contributed by atoms with E-state index in [1.54, 1.807) is 0 Å². The Balaban J connectivity index is 2.18. The fraction of sp³-hybridized carbons (Fsp3) is 0.643. The monoisotopic (exact) mass is 206 g/mol. The molecule has 0 saturated carbocycles. The molecule has 0 saturated heterocycles. The van der Waals surface area contributed by atoms with Gasteiger partial charge >= 0.3 is 0 Å². The van der Waals surface area contributed by atoms with E-state index in [4.69, 9.17) is 0 Å². The van der Waals surface area contributed by atoms with Gasteiger partial charge in [-0.05, 0) is 51.0 Å². The van der Waals surface area contributed by atoms with E-state index in [1.165, 1.54) is 31.3 Å². The van der Waals surface area contributed by atoms with Gasteiger partial charge in [0.15, 0.2) is 5.78 Å². The second-order valence-electron chi connectivity index (χ2n) is 4.36. The molecule has 0 unspecified atom stereocenters. The van der Waals surface area contributed by atoms with Gasteiger partial charge in [-0.3, -0.25) is 4.79 Å². The maximum absolute atomic E-state index is 11.3. The van der Waals surface area contributed by atoms with Crippen LogP contribution < -0.4 is 0 Å². The van der Waals surface area contributed by atoms with Crippen molar-refractivity contribution in [3.63, 3.8) is 0 Å². The highest BCUT2D eigenvalue weighted by Gasteiger charge is 2.07. The summed E-state index contributed by atoms with van der Waals surface area (Å²) in [5.74, 6) is 0.341. The van der Waals surface area contributed by atoms with E-state index in [-0.39, 0.29) is 0 Å². The molecule has 0 aromatic heterocycles. The van der Waals surface area contributed by atoms with Gasteiger partial charge in [0.05, 0.1) is 0 Å². The first-order chi connectivity index (χ1) is 7.33. The van der Waals surface area contributed by atoms with Crippen LogP contribution in [0.3, 0.4) is 0 Å². The lowest BCUT2D eigenvalue weighted by Gasteiger charge is -2.03. The summed E-state index contributed by atoms with van der Waals surface area (Å²) in [6, 6.07) is 0. The van der Waals surface area contributed by atoms with Crippen molar-refractivity contribution in [2.45, 2.75) is 57.8 Å². The van der Waals surface area contributed by atoms with E-state index in [0.717, 1.165) is 32.1 Å². The summed E-state index contributed by atoms with van der Waals surface area (Å²) in [5.41, 5.74) is 1.39. The molecule has 0 fully saturated rings. The predicted molar refractivity (Wildman–Crippen MR) is 64.8 cm³/mol. The maximum atomic E-state index is 11.3. The van der Waals surface area contributed by atoms with Crippen LogP contribution in [-0.2, 0) is 4.79 Å². The zero-order chi connectivity index (χ0) is 10.9. The third-order valence-electron chi connectivity index (χ3n) is 2.94. The van der Waals surface area contributed by atoms with Crippen LogP contribution in [0.25, 0.3) is 0 Å². The minimum atomic E-state index is 0.341. The number of ketones is 1. The van der Waals surface area contributed by atoms with Crippen molar-refractivity contribution in [3.8, 4) is 0 Å². The molecule has 1 aliphatic rings. The Morgan fingerprint density at radius 2 is 2.00 bits per heavy atom. The van der Waals surface area contributed by atoms with Gasteiger partial charge in [0.2, 0.25) is 0 Å². The first-order valence-electron chi connectivity index (χ1n) is 6.16. The fourth-order valence-electron chi connectivity index (χ4n) is 2.04. The molecule has 0 aliphatic heterocycles. The highest BCUT2D eigenvalue weighted by molar-refractivity contribution is 5.90. The van der Waals surface area contributed by atoms with E-state index in [9.17, 15) is 4.79 Å². The van der Waals surface area contributed by atoms with Crippen LogP contribution in [0.2, 0.25) is 0 Å². The predicted octanol–water partition coefficient (Wildman–Crippen LogP) is 4.19. The van der Waals surface area contributed by atoms with Crippen molar-refractivity contribution >= 4 is 5.78 Å². The molecule has 0 radical (unpaired) electrons. The largest absolute Gasteiger partial charge is 0.295 e. The molecule has 1 heteroatoms. The van der Waals surface area contributed by atoms with Gasteiger partial charge in [0, 0.05) is 6.42 Å². The van der Waals surface area contributed by atoms with E-state index in [1.807, 2.05) is 12.2 Å². The first kappa shape index (κ1) is 12.2. The van der Waals surface area contributed by atoms with Gasteiger partial charge in [-0.15, -0.1) is 6.58 Å². The maximum Gasteiger partial charge on any atom is 0.155 e. The highest BCUT2D eigenvalue weighted by Crippen LogP contribution is 2.20. The third kappa shape index (κ3) is 5.56. The SMILES string of the molecule is C=CCCCCCC1=CC(=O)CCCC1. The summed E-state index contributed by atoms with van der Waals surface area (Å²) in [4.78, 5) is 11.3. The minimum Gasteiger partial charge on any atom is -0.295 e. The Hall–Kier alpha value is -0.850. The van der Waals surface area contributed by atoms with Gasteiger partial charge in [0.1, 0.15) is 0 Å². The normalized spacial score (nSPS) is 17.1. The van der Waals surface area contributed by atoms with Crippen LogP contribution in [0.15, 0.2) is 24.3 Å². The lowest BCUT2D eigenvalue weighted by atomic mass is 10.0. The lowest BCUT2D eigenvalue weighted by molar-refractivity contribution is -0.114. The summed E-state index contributed by atoms with van der Waals surface area (Å²) < 4.78 is 0. The van der Waals surface area contributed by atoms with Crippen molar-refractivity contribution in [3.05, 3.63) is 24.3 Å². The van der Waals surface area contributed by atoms with Gasteiger partial charge in [-0.1, -0.05) is 18.1 Å². The number of allylic oxidation sites excluding steroid dienone is 3. The average Bonchev–Trinajstić information content (AvgIpc) is 2.43. The Labute approximate surface area is 93.3 Å². The van der Waals surface area contributed by atoms with Crippen LogP contribution in [-0.4, -0.2) is 5.78 Å². The van der Waals surface area contributed by atoms with E-state index in [2.05, 4.69) is 6.58 Å². The summed E-state index contributed by atoms with van der Waals surface area (Å²) in [6.07, 6.45) is 14.1. The molecule has 0 bridgehead atoms. The van der Waals surface area contributed by atoms with Gasteiger partial charge in [-0.2, -0.15) is 0 Å². The van der Waals surface area contributed by atoms with Crippen molar-refractivity contribution < 1.29 is 4.79 Å². The summed E-state index contributed by atoms with van der Waals surface area (Å²) in [7, 11) is 0. The Kier molecular flexibility index (Phi) is 6.06. The molecule has 0 N–H and O–H groups in total. The molecule has 0 heterocycles. The Bertz CT molecular complexity index is 238. The molecule has 0 aromatic rings. The van der Waals surface area contributed by atoms with E-state index < -0.39 is 0 Å². The van der Waals surface area contributed by atoms with Crippen LogP contribution in [0.1, 0.15) is 57.8 Å². The average molecular weight is 206 g/mol. The highest BCUT2D eigenvalue weighted by atomic mass is 16.1. The van der Waals surface area contributed by atoms with Crippen LogP contribution >= 0.6 is 0 Å². The zero-order valence-corrected chi connectivity index (χ0v) is 9.63. The molecule has 0 amide bonds. The second kappa shape index (κ2) is 7.44. The molecular formula is C14H22O. The van der Waals surface area contributed by atoms with E-state index in [0.29, 0.717) is 5.78 Å². The standard InChI is InChI=1S/C14H22O/c1-2-3-4-5-6-9-13-10-7-8-11-14(15)12-13/h2,12H,1,3-11H2. The minimum absolute atomic E-state index is 0.341. The molecule has 0 spiro atoms. The van der Waals surface area contributed by atoms with Gasteiger partial charge < -0.3 is 0 Å². The number of hydrogen-bond acceptors (Lipinski definition) is 1. The number of rotatable bonds is 6. The van der Waals surface area contributed by atoms with Crippen LogP contribution in [0.4, 0.5) is 0 Å². The smallest absolute Gasteiger partial charge is 0.155 e. The van der Waals surface area contributed by atoms with Crippen molar-refractivity contribution in [2.24, 2.45) is 0 Å². The van der Waals surface area contributed by atoms with Gasteiger partial charge in [0.25, 0.3) is 0 Å². The molecule has 1 rings (SSSR count). The molecule has 1 nitrogen and oxygen atoms in total. The van der Waals surface area contributed by atoms with Crippen LogP contribution in [0, 0.1) is 0 Å². The summed E-state index contributed by atoms with van der Waals surface area (Å²) in [5, 5.41) is 0. The third-order valence-corrected chi connectivity index (χ3v) is 2.94. The number of hydrogen-bond donors (Lipinski definition) is 0. The number of carbonyl (C=O) groups excluding carboxylic acids is 1. The van der Waals surface area contributed by atoms with Crippen LogP contribution in [0.5, 0.6) is 0 Å². The molecule has 0 atom stereocenters. The Morgan fingerprint density at radius 3 is 2.80 bits per heavy atom. The molecule has 1 aliphatic carbocycles. The molecular weight excluding hydrogens is 184 g/mol. The zero-order valence-electron chi connectivity index (χ0n) is 9.63. The quantitative estimate of drug-likeness (QED) is 0.470. The number of unbranched alkanes of at least 4 members (excludes halogenated alkanes) is 3. The molecule has 0 aromatic carbocycles. The van der Waals surface area contributed by atoms with Crippen molar-refractivity contribution in [1.82, 2.24) is 0 Å². The first-order valence-corrected chi connectivity index (χ1v) is 6.16. The summed E-state index contributed by atoms with van der Waals surface area (Å²) >= 11 is 0. The Morgan fingerprint density at radius 1 is 1.20 bits per heavy atom. The van der Waals surface area contributed by atoms with Crippen molar-refractivity contribution in [2.75, 3.05) is 0 Å². The fourth-order valence-corrected chi connectivity index (χ4v) is 2.04. The second-order valence-corrected chi connectivity index (χ2v) is 4.36. The molecule has 84 valence electrons. The summed E-state index contributed by atoms with van der Waals surface area (Å²) in [6.45, 7) is 3.71. The topological polar surface area (TPSA) is 17.1 Å².